The second-order valence-corrected chi connectivity index (χ2v) is 8.78. The van der Waals surface area contributed by atoms with Gasteiger partial charge in [-0.15, -0.1) is 0 Å². The molecule has 1 amide bonds. The topological polar surface area (TPSA) is 44.4 Å². The number of carbonyl (C=O) groups excluding carboxylic acids is 1. The minimum absolute atomic E-state index is 0.281. The Morgan fingerprint density at radius 1 is 1.10 bits per heavy atom. The highest BCUT2D eigenvalue weighted by molar-refractivity contribution is 7.97. The van der Waals surface area contributed by atoms with Crippen molar-refractivity contribution in [1.82, 2.24) is 14.9 Å². The molecule has 2 fully saturated rings. The molecule has 1 heterocycles. The van der Waals surface area contributed by atoms with Gasteiger partial charge in [-0.05, 0) is 68.8 Å². The van der Waals surface area contributed by atoms with Crippen LogP contribution in [0.15, 0.2) is 18.2 Å². The van der Waals surface area contributed by atoms with Crippen molar-refractivity contribution in [2.75, 3.05) is 38.5 Å². The van der Waals surface area contributed by atoms with Crippen LogP contribution in [-0.4, -0.2) is 49.3 Å². The Labute approximate surface area is 172 Å². The predicted molar refractivity (Wildman–Crippen MR) is 106 cm³/mol. The van der Waals surface area contributed by atoms with Crippen LogP contribution in [0, 0.1) is 17.7 Å². The summed E-state index contributed by atoms with van der Waals surface area (Å²) < 4.78 is 55.2. The van der Waals surface area contributed by atoms with E-state index in [-0.39, 0.29) is 11.5 Å². The molecule has 162 valence electrons. The largest absolute Gasteiger partial charge is 0.416 e. The van der Waals surface area contributed by atoms with E-state index >= 15 is 0 Å². The monoisotopic (exact) mass is 433 g/mol. The molecule has 0 spiro atoms. The van der Waals surface area contributed by atoms with Gasteiger partial charge in [0.2, 0.25) is 0 Å². The summed E-state index contributed by atoms with van der Waals surface area (Å²) in [5, 5.41) is 2.66. The van der Waals surface area contributed by atoms with Crippen LogP contribution in [0.2, 0.25) is 0 Å². The van der Waals surface area contributed by atoms with Crippen LogP contribution in [0.3, 0.4) is 0 Å². The first kappa shape index (κ1) is 22.4. The fourth-order valence-electron chi connectivity index (χ4n) is 3.37. The Bertz CT molecular complexity index is 689. The minimum Gasteiger partial charge on any atom is -0.352 e. The zero-order valence-electron chi connectivity index (χ0n) is 16.2. The standard InChI is InChI=1S/C20H27F4N3OS/c21-18-10-16(9-17(11-18)20(22,23)24)19(28)25-12-14-3-6-27(7-4-14)8-5-26-29-13-15-1-2-15/h9-11,14-15,26H,1-8,12-13H2,(H,25,28). The fraction of sp³-hybridized carbons (Fsp3) is 0.650. The SMILES string of the molecule is O=C(NCC1CCN(CCNSCC2CC2)CC1)c1cc(F)cc(C(F)(F)F)c1. The van der Waals surface area contributed by atoms with E-state index in [1.54, 1.807) is 11.9 Å². The summed E-state index contributed by atoms with van der Waals surface area (Å²) in [7, 11) is 0. The molecule has 1 aromatic carbocycles. The molecule has 3 rings (SSSR count). The summed E-state index contributed by atoms with van der Waals surface area (Å²) in [6.45, 7) is 4.20. The van der Waals surface area contributed by atoms with Crippen molar-refractivity contribution in [3.05, 3.63) is 35.1 Å². The maximum Gasteiger partial charge on any atom is 0.416 e. The van der Waals surface area contributed by atoms with Crippen molar-refractivity contribution in [3.63, 3.8) is 0 Å². The third-order valence-electron chi connectivity index (χ3n) is 5.39. The van der Waals surface area contributed by atoms with Gasteiger partial charge in [-0.25, -0.2) is 4.39 Å². The Morgan fingerprint density at radius 3 is 2.48 bits per heavy atom. The molecule has 0 aromatic heterocycles. The fourth-order valence-corrected chi connectivity index (χ4v) is 4.30. The van der Waals surface area contributed by atoms with Crippen molar-refractivity contribution >= 4 is 17.9 Å². The number of amides is 1. The van der Waals surface area contributed by atoms with E-state index < -0.39 is 23.5 Å². The molecule has 1 aliphatic carbocycles. The number of hydrogen-bond acceptors (Lipinski definition) is 4. The van der Waals surface area contributed by atoms with Crippen LogP contribution in [0.1, 0.15) is 41.6 Å². The van der Waals surface area contributed by atoms with Gasteiger partial charge in [-0.2, -0.15) is 13.2 Å². The van der Waals surface area contributed by atoms with Gasteiger partial charge in [0.15, 0.2) is 0 Å². The van der Waals surface area contributed by atoms with E-state index in [4.69, 9.17) is 0 Å². The second kappa shape index (κ2) is 10.1. The number of carbonyl (C=O) groups is 1. The molecule has 29 heavy (non-hydrogen) atoms. The van der Waals surface area contributed by atoms with Crippen molar-refractivity contribution in [3.8, 4) is 0 Å². The average Bonchev–Trinajstić information content (AvgIpc) is 3.50. The number of alkyl halides is 3. The molecule has 1 saturated heterocycles. The number of rotatable bonds is 9. The van der Waals surface area contributed by atoms with Crippen molar-refractivity contribution in [2.45, 2.75) is 31.9 Å². The van der Waals surface area contributed by atoms with E-state index in [1.165, 1.54) is 18.6 Å². The third-order valence-corrected chi connectivity index (χ3v) is 6.44. The first-order valence-electron chi connectivity index (χ1n) is 10.0. The lowest BCUT2D eigenvalue weighted by molar-refractivity contribution is -0.137. The van der Waals surface area contributed by atoms with Crippen LogP contribution in [0.4, 0.5) is 17.6 Å². The van der Waals surface area contributed by atoms with Crippen molar-refractivity contribution in [2.24, 2.45) is 11.8 Å². The second-order valence-electron chi connectivity index (χ2n) is 7.87. The molecule has 9 heteroatoms. The number of nitrogens with one attached hydrogen (secondary N) is 2. The predicted octanol–water partition coefficient (Wildman–Crippen LogP) is 3.93. The zero-order chi connectivity index (χ0) is 20.9. The first-order valence-corrected chi connectivity index (χ1v) is 11.0. The van der Waals surface area contributed by atoms with Gasteiger partial charge in [0.25, 0.3) is 5.91 Å². The Morgan fingerprint density at radius 2 is 1.83 bits per heavy atom. The number of benzene rings is 1. The number of nitrogens with zero attached hydrogens (tertiary/aromatic N) is 1. The van der Waals surface area contributed by atoms with E-state index in [0.717, 1.165) is 51.0 Å². The number of hydrogen-bond donors (Lipinski definition) is 2. The molecular weight excluding hydrogens is 406 g/mol. The Kier molecular flexibility index (Phi) is 7.81. The van der Waals surface area contributed by atoms with Crippen LogP contribution >= 0.6 is 11.9 Å². The first-order chi connectivity index (χ1) is 13.8. The van der Waals surface area contributed by atoms with Crippen molar-refractivity contribution in [1.29, 1.82) is 0 Å². The van der Waals surface area contributed by atoms with Gasteiger partial charge < -0.3 is 10.2 Å². The highest BCUT2D eigenvalue weighted by atomic mass is 32.2. The molecule has 0 atom stereocenters. The molecule has 2 aliphatic rings. The van der Waals surface area contributed by atoms with E-state index in [2.05, 4.69) is 14.9 Å². The van der Waals surface area contributed by atoms with E-state index in [9.17, 15) is 22.4 Å². The Hall–Kier alpha value is -1.32. The Balaban J connectivity index is 1.35. The zero-order valence-corrected chi connectivity index (χ0v) is 17.0. The molecule has 0 radical (unpaired) electrons. The lowest BCUT2D eigenvalue weighted by atomic mass is 9.96. The lowest BCUT2D eigenvalue weighted by Gasteiger charge is -2.32. The van der Waals surface area contributed by atoms with Crippen LogP contribution < -0.4 is 10.0 Å². The lowest BCUT2D eigenvalue weighted by Crippen LogP contribution is -2.40. The summed E-state index contributed by atoms with van der Waals surface area (Å²) in [5.41, 5.74) is -1.45. The molecule has 0 bridgehead atoms. The molecule has 1 aromatic rings. The molecule has 4 nitrogen and oxygen atoms in total. The highest BCUT2D eigenvalue weighted by Gasteiger charge is 2.32. The van der Waals surface area contributed by atoms with Gasteiger partial charge in [0, 0.05) is 31.0 Å². The summed E-state index contributed by atoms with van der Waals surface area (Å²) in [5.74, 6) is 0.641. The number of likely N-dealkylation sites (tertiary alicyclic amines) is 1. The third kappa shape index (κ3) is 7.46. The number of halogens is 4. The van der Waals surface area contributed by atoms with Crippen molar-refractivity contribution < 1.29 is 22.4 Å². The molecule has 1 aliphatic heterocycles. The van der Waals surface area contributed by atoms with Crippen LogP contribution in [-0.2, 0) is 6.18 Å². The average molecular weight is 434 g/mol. The normalized spacial score (nSPS) is 18.8. The van der Waals surface area contributed by atoms with Gasteiger partial charge >= 0.3 is 6.18 Å². The number of piperidine rings is 1. The highest BCUT2D eigenvalue weighted by Crippen LogP contribution is 2.31. The molecule has 0 unspecified atom stereocenters. The smallest absolute Gasteiger partial charge is 0.352 e. The van der Waals surface area contributed by atoms with Gasteiger partial charge in [-0.1, -0.05) is 11.9 Å². The van der Waals surface area contributed by atoms with Gasteiger partial charge in [0.1, 0.15) is 5.82 Å². The van der Waals surface area contributed by atoms with Crippen LogP contribution in [0.25, 0.3) is 0 Å². The summed E-state index contributed by atoms with van der Waals surface area (Å²) in [6.07, 6.45) is -0.114. The minimum atomic E-state index is -4.69. The summed E-state index contributed by atoms with van der Waals surface area (Å²) >= 11 is 1.80. The maximum absolute atomic E-state index is 13.5. The van der Waals surface area contributed by atoms with E-state index in [1.807, 2.05) is 0 Å². The van der Waals surface area contributed by atoms with Crippen LogP contribution in [0.5, 0.6) is 0 Å². The molecule has 1 saturated carbocycles. The van der Waals surface area contributed by atoms with E-state index in [0.29, 0.717) is 18.7 Å². The molecular formula is C20H27F4N3OS. The molecule has 2 N–H and O–H groups in total. The summed E-state index contributed by atoms with van der Waals surface area (Å²) in [4.78, 5) is 14.6. The van der Waals surface area contributed by atoms with Gasteiger partial charge in [0.05, 0.1) is 5.56 Å². The quantitative estimate of drug-likeness (QED) is 0.352. The maximum atomic E-state index is 13.5. The summed E-state index contributed by atoms with van der Waals surface area (Å²) in [6, 6.07) is 1.92. The van der Waals surface area contributed by atoms with Gasteiger partial charge in [-0.3, -0.25) is 9.52 Å².